The van der Waals surface area contributed by atoms with Crippen LogP contribution in [0.15, 0.2) is 0 Å². The Morgan fingerprint density at radius 3 is 2.55 bits per heavy atom. The molecular formula is C7H15NO3. The third-order valence-corrected chi connectivity index (χ3v) is 2.11. The first-order valence-corrected chi connectivity index (χ1v) is 3.93. The van der Waals surface area contributed by atoms with Crippen LogP contribution in [0.1, 0.15) is 12.8 Å². The maximum atomic E-state index is 9.28. The maximum Gasteiger partial charge on any atom is 0.0730 e. The van der Waals surface area contributed by atoms with E-state index < -0.39 is 6.10 Å². The van der Waals surface area contributed by atoms with Crippen LogP contribution in [0.25, 0.3) is 0 Å². The molecule has 4 heteroatoms. The lowest BCUT2D eigenvalue weighted by molar-refractivity contribution is 0.121. The van der Waals surface area contributed by atoms with E-state index in [0.29, 0.717) is 12.8 Å². The van der Waals surface area contributed by atoms with Gasteiger partial charge in [-0.15, -0.1) is 0 Å². The van der Waals surface area contributed by atoms with E-state index in [1.165, 1.54) is 0 Å². The molecule has 0 spiro atoms. The molecule has 11 heavy (non-hydrogen) atoms. The van der Waals surface area contributed by atoms with Crippen LogP contribution in [0.2, 0.25) is 0 Å². The number of rotatable bonds is 3. The normalized spacial score (nSPS) is 37.9. The molecule has 66 valence electrons. The second kappa shape index (κ2) is 4.01. The van der Waals surface area contributed by atoms with Gasteiger partial charge in [0.05, 0.1) is 18.8 Å². The van der Waals surface area contributed by atoms with Crippen molar-refractivity contribution in [1.82, 2.24) is 5.32 Å². The molecule has 0 radical (unpaired) electrons. The monoisotopic (exact) mass is 161 g/mol. The summed E-state index contributed by atoms with van der Waals surface area (Å²) in [4.78, 5) is 0. The van der Waals surface area contributed by atoms with Crippen molar-refractivity contribution in [1.29, 1.82) is 0 Å². The fourth-order valence-electron chi connectivity index (χ4n) is 1.47. The highest BCUT2D eigenvalue weighted by molar-refractivity contribution is 4.89. The lowest BCUT2D eigenvalue weighted by Crippen LogP contribution is -2.36. The summed E-state index contributed by atoms with van der Waals surface area (Å²) < 4.78 is 0. The van der Waals surface area contributed by atoms with Gasteiger partial charge in [0.2, 0.25) is 0 Å². The van der Waals surface area contributed by atoms with Crippen LogP contribution >= 0.6 is 0 Å². The van der Waals surface area contributed by atoms with Gasteiger partial charge in [0, 0.05) is 12.6 Å². The molecule has 0 amide bonds. The van der Waals surface area contributed by atoms with Crippen molar-refractivity contribution in [2.75, 3.05) is 13.2 Å². The van der Waals surface area contributed by atoms with Crippen LogP contribution in [0.4, 0.5) is 0 Å². The Hall–Kier alpha value is -0.160. The number of aliphatic hydroxyl groups is 3. The second-order valence-corrected chi connectivity index (χ2v) is 2.97. The summed E-state index contributed by atoms with van der Waals surface area (Å²) in [6.07, 6.45) is 0.816. The Balaban J connectivity index is 2.30. The molecule has 0 bridgehead atoms. The fraction of sp³-hybridized carbons (Fsp3) is 1.00. The van der Waals surface area contributed by atoms with Gasteiger partial charge in [-0.25, -0.2) is 0 Å². The van der Waals surface area contributed by atoms with E-state index in [-0.39, 0.29) is 25.3 Å². The standard InChI is InChI=1S/C7H15NO3/c9-2-1-5-3-7(11)6(4-10)8-5/h5-11H,1-4H2. The van der Waals surface area contributed by atoms with Crippen LogP contribution in [0.3, 0.4) is 0 Å². The zero-order valence-electron chi connectivity index (χ0n) is 6.40. The summed E-state index contributed by atoms with van der Waals surface area (Å²) in [6, 6.07) is -0.0429. The first-order chi connectivity index (χ1) is 5.27. The molecule has 3 unspecified atom stereocenters. The number of hydrogen-bond donors (Lipinski definition) is 4. The van der Waals surface area contributed by atoms with Crippen molar-refractivity contribution in [2.24, 2.45) is 0 Å². The van der Waals surface area contributed by atoms with Gasteiger partial charge >= 0.3 is 0 Å². The first-order valence-electron chi connectivity index (χ1n) is 3.93. The summed E-state index contributed by atoms with van der Waals surface area (Å²) in [5.74, 6) is 0. The van der Waals surface area contributed by atoms with Crippen molar-refractivity contribution in [3.05, 3.63) is 0 Å². The zero-order valence-corrected chi connectivity index (χ0v) is 6.40. The molecule has 0 saturated carbocycles. The number of hydrogen-bond acceptors (Lipinski definition) is 4. The van der Waals surface area contributed by atoms with Gasteiger partial charge in [-0.2, -0.15) is 0 Å². The van der Waals surface area contributed by atoms with Gasteiger partial charge in [0.25, 0.3) is 0 Å². The minimum Gasteiger partial charge on any atom is -0.396 e. The van der Waals surface area contributed by atoms with Crippen LogP contribution in [-0.2, 0) is 0 Å². The topological polar surface area (TPSA) is 72.7 Å². The maximum absolute atomic E-state index is 9.28. The van der Waals surface area contributed by atoms with E-state index in [1.54, 1.807) is 0 Å². The van der Waals surface area contributed by atoms with Crippen molar-refractivity contribution in [3.8, 4) is 0 Å². The predicted octanol–water partition coefficient (Wildman–Crippen LogP) is -1.55. The molecule has 4 N–H and O–H groups in total. The van der Waals surface area contributed by atoms with Crippen LogP contribution in [-0.4, -0.2) is 46.7 Å². The molecule has 0 aromatic carbocycles. The van der Waals surface area contributed by atoms with E-state index in [1.807, 2.05) is 0 Å². The molecule has 3 atom stereocenters. The molecule has 1 rings (SSSR count). The van der Waals surface area contributed by atoms with Crippen molar-refractivity contribution >= 4 is 0 Å². The average Bonchev–Trinajstić information content (AvgIpc) is 2.32. The van der Waals surface area contributed by atoms with Crippen molar-refractivity contribution in [3.63, 3.8) is 0 Å². The zero-order chi connectivity index (χ0) is 8.27. The molecule has 1 fully saturated rings. The Kier molecular flexibility index (Phi) is 3.26. The second-order valence-electron chi connectivity index (χ2n) is 2.97. The fourth-order valence-corrected chi connectivity index (χ4v) is 1.47. The lowest BCUT2D eigenvalue weighted by Gasteiger charge is -2.11. The number of nitrogens with one attached hydrogen (secondary N) is 1. The number of aliphatic hydroxyl groups excluding tert-OH is 3. The molecule has 0 aromatic heterocycles. The van der Waals surface area contributed by atoms with Gasteiger partial charge < -0.3 is 20.6 Å². The molecule has 1 saturated heterocycles. The summed E-state index contributed by atoms with van der Waals surface area (Å²) in [6.45, 7) is 0.0889. The molecule has 0 aliphatic carbocycles. The quantitative estimate of drug-likeness (QED) is 0.404. The van der Waals surface area contributed by atoms with Gasteiger partial charge in [-0.1, -0.05) is 0 Å². The van der Waals surface area contributed by atoms with Crippen molar-refractivity contribution < 1.29 is 15.3 Å². The molecule has 1 heterocycles. The van der Waals surface area contributed by atoms with E-state index in [0.717, 1.165) is 0 Å². The lowest BCUT2D eigenvalue weighted by atomic mass is 10.1. The van der Waals surface area contributed by atoms with Crippen LogP contribution < -0.4 is 5.32 Å². The first kappa shape index (κ1) is 8.93. The summed E-state index contributed by atoms with van der Waals surface area (Å²) in [5.41, 5.74) is 0. The highest BCUT2D eigenvalue weighted by atomic mass is 16.3. The highest BCUT2D eigenvalue weighted by Crippen LogP contribution is 2.14. The van der Waals surface area contributed by atoms with Crippen LogP contribution in [0.5, 0.6) is 0 Å². The minimum absolute atomic E-state index is 0.0386. The highest BCUT2D eigenvalue weighted by Gasteiger charge is 2.30. The van der Waals surface area contributed by atoms with Crippen molar-refractivity contribution in [2.45, 2.75) is 31.0 Å². The van der Waals surface area contributed by atoms with Crippen LogP contribution in [0, 0.1) is 0 Å². The Bertz CT molecular complexity index is 120. The Morgan fingerprint density at radius 1 is 1.36 bits per heavy atom. The Labute approximate surface area is 65.9 Å². The van der Waals surface area contributed by atoms with E-state index >= 15 is 0 Å². The summed E-state index contributed by atoms with van der Waals surface area (Å²) >= 11 is 0. The van der Waals surface area contributed by atoms with E-state index in [4.69, 9.17) is 10.2 Å². The average molecular weight is 161 g/mol. The smallest absolute Gasteiger partial charge is 0.0730 e. The van der Waals surface area contributed by atoms with Gasteiger partial charge in [-0.05, 0) is 12.8 Å². The van der Waals surface area contributed by atoms with E-state index in [9.17, 15) is 5.11 Å². The summed E-state index contributed by atoms with van der Waals surface area (Å²) in [5, 5.41) is 29.6. The van der Waals surface area contributed by atoms with Gasteiger partial charge in [0.1, 0.15) is 0 Å². The Morgan fingerprint density at radius 2 is 2.09 bits per heavy atom. The molecule has 0 aromatic rings. The van der Waals surface area contributed by atoms with E-state index in [2.05, 4.69) is 5.32 Å². The largest absolute Gasteiger partial charge is 0.396 e. The third-order valence-electron chi connectivity index (χ3n) is 2.11. The predicted molar refractivity (Wildman–Crippen MR) is 40.1 cm³/mol. The molecule has 1 aliphatic heterocycles. The molecule has 1 aliphatic rings. The molecular weight excluding hydrogens is 146 g/mol. The van der Waals surface area contributed by atoms with Gasteiger partial charge in [0.15, 0.2) is 0 Å². The SMILES string of the molecule is OCCC1CC(O)C(CO)N1. The van der Waals surface area contributed by atoms with Gasteiger partial charge in [-0.3, -0.25) is 0 Å². The summed E-state index contributed by atoms with van der Waals surface area (Å²) in [7, 11) is 0. The third kappa shape index (κ3) is 2.13. The molecule has 4 nitrogen and oxygen atoms in total. The minimum atomic E-state index is -0.462.